The summed E-state index contributed by atoms with van der Waals surface area (Å²) in [7, 11) is 1.53. The zero-order valence-electron chi connectivity index (χ0n) is 17.3. The standard InChI is InChI=1S/C21H25F3N4O3/c1-30-16-5-3-2-4-15(16)6-8-27-17(21(22,23)24)7-9-28-19(29)14-18(25-20(27)28)26-10-12-31-13-11-26/h2-5,14,17H,6-13H2,1H3/t17-/m0/s1. The van der Waals surface area contributed by atoms with Gasteiger partial charge in [-0.05, 0) is 24.5 Å². The monoisotopic (exact) mass is 438 g/mol. The van der Waals surface area contributed by atoms with E-state index in [1.807, 2.05) is 23.1 Å². The van der Waals surface area contributed by atoms with Crippen LogP contribution in [-0.2, 0) is 17.7 Å². The lowest BCUT2D eigenvalue weighted by atomic mass is 10.1. The molecule has 0 N–H and O–H groups in total. The average molecular weight is 438 g/mol. The highest BCUT2D eigenvalue weighted by Crippen LogP contribution is 2.34. The molecule has 2 aliphatic heterocycles. The van der Waals surface area contributed by atoms with Gasteiger partial charge < -0.3 is 19.3 Å². The number of nitrogens with zero attached hydrogens (tertiary/aromatic N) is 4. The maximum Gasteiger partial charge on any atom is 0.408 e. The number of halogens is 3. The number of morpholine rings is 1. The molecule has 7 nitrogen and oxygen atoms in total. The third-order valence-corrected chi connectivity index (χ3v) is 5.76. The molecule has 0 amide bonds. The average Bonchev–Trinajstić information content (AvgIpc) is 2.77. The fourth-order valence-corrected chi connectivity index (χ4v) is 4.16. The zero-order valence-corrected chi connectivity index (χ0v) is 17.3. The molecule has 0 bridgehead atoms. The molecule has 1 saturated heterocycles. The lowest BCUT2D eigenvalue weighted by Crippen LogP contribution is -2.53. The summed E-state index contributed by atoms with van der Waals surface area (Å²) >= 11 is 0. The molecule has 0 saturated carbocycles. The van der Waals surface area contributed by atoms with Crippen LogP contribution in [-0.4, -0.2) is 61.7 Å². The van der Waals surface area contributed by atoms with Gasteiger partial charge in [-0.1, -0.05) is 18.2 Å². The molecular weight excluding hydrogens is 413 g/mol. The summed E-state index contributed by atoms with van der Waals surface area (Å²) in [6.07, 6.45) is -4.30. The zero-order chi connectivity index (χ0) is 22.0. The Morgan fingerprint density at radius 2 is 1.94 bits per heavy atom. The van der Waals surface area contributed by atoms with Crippen LogP contribution >= 0.6 is 0 Å². The summed E-state index contributed by atoms with van der Waals surface area (Å²) in [5, 5.41) is 0. The summed E-state index contributed by atoms with van der Waals surface area (Å²) in [5.74, 6) is 1.08. The van der Waals surface area contributed by atoms with Crippen LogP contribution in [0.25, 0.3) is 0 Å². The molecule has 2 aliphatic rings. The molecule has 1 atom stereocenters. The molecule has 168 valence electrons. The number of alkyl halides is 3. The number of hydrogen-bond acceptors (Lipinski definition) is 6. The molecule has 0 spiro atoms. The van der Waals surface area contributed by atoms with Crippen LogP contribution in [0.15, 0.2) is 35.1 Å². The fraction of sp³-hybridized carbons (Fsp3) is 0.524. The van der Waals surface area contributed by atoms with Gasteiger partial charge in [-0.3, -0.25) is 9.36 Å². The van der Waals surface area contributed by atoms with Crippen LogP contribution in [0.5, 0.6) is 5.75 Å². The Labute approximate surface area is 178 Å². The van der Waals surface area contributed by atoms with E-state index < -0.39 is 12.2 Å². The van der Waals surface area contributed by atoms with Crippen molar-refractivity contribution in [2.45, 2.75) is 31.6 Å². The van der Waals surface area contributed by atoms with Crippen molar-refractivity contribution in [2.24, 2.45) is 0 Å². The van der Waals surface area contributed by atoms with Crippen molar-refractivity contribution in [3.8, 4) is 5.75 Å². The van der Waals surface area contributed by atoms with E-state index in [0.717, 1.165) is 5.56 Å². The molecule has 0 radical (unpaired) electrons. The maximum absolute atomic E-state index is 13.9. The van der Waals surface area contributed by atoms with Gasteiger partial charge in [0.1, 0.15) is 17.6 Å². The van der Waals surface area contributed by atoms with E-state index in [0.29, 0.717) is 44.3 Å². The Morgan fingerprint density at radius 3 is 2.65 bits per heavy atom. The van der Waals surface area contributed by atoms with Crippen molar-refractivity contribution in [3.63, 3.8) is 0 Å². The van der Waals surface area contributed by atoms with Crippen molar-refractivity contribution in [3.05, 3.63) is 46.2 Å². The minimum atomic E-state index is -4.43. The molecule has 4 rings (SSSR count). The summed E-state index contributed by atoms with van der Waals surface area (Å²) in [4.78, 5) is 20.4. The van der Waals surface area contributed by atoms with Crippen molar-refractivity contribution < 1.29 is 22.6 Å². The summed E-state index contributed by atoms with van der Waals surface area (Å²) < 4.78 is 53.7. The van der Waals surface area contributed by atoms with Gasteiger partial charge in [0.05, 0.1) is 20.3 Å². The van der Waals surface area contributed by atoms with Crippen LogP contribution in [0.4, 0.5) is 24.9 Å². The summed E-state index contributed by atoms with van der Waals surface area (Å²) in [6.45, 7) is 2.11. The van der Waals surface area contributed by atoms with Crippen LogP contribution in [0, 0.1) is 0 Å². The predicted molar refractivity (Wildman–Crippen MR) is 110 cm³/mol. The van der Waals surface area contributed by atoms with Gasteiger partial charge in [-0.25, -0.2) is 0 Å². The van der Waals surface area contributed by atoms with Crippen LogP contribution in [0.2, 0.25) is 0 Å². The van der Waals surface area contributed by atoms with Gasteiger partial charge in [0.25, 0.3) is 5.56 Å². The SMILES string of the molecule is COc1ccccc1CCN1c2nc(N3CCOCC3)cc(=O)n2CC[C@H]1C(F)(F)F. The predicted octanol–water partition coefficient (Wildman–Crippen LogP) is 2.47. The summed E-state index contributed by atoms with van der Waals surface area (Å²) in [6, 6.07) is 6.95. The molecule has 31 heavy (non-hydrogen) atoms. The normalized spacial score (nSPS) is 19.3. The van der Waals surface area contributed by atoms with E-state index in [1.54, 1.807) is 6.07 Å². The molecule has 2 aromatic rings. The van der Waals surface area contributed by atoms with Crippen LogP contribution < -0.4 is 20.1 Å². The van der Waals surface area contributed by atoms with Crippen LogP contribution in [0.1, 0.15) is 12.0 Å². The van der Waals surface area contributed by atoms with E-state index in [4.69, 9.17) is 9.47 Å². The molecule has 0 aliphatic carbocycles. The highest BCUT2D eigenvalue weighted by Gasteiger charge is 2.46. The van der Waals surface area contributed by atoms with Crippen LogP contribution in [0.3, 0.4) is 0 Å². The first-order valence-electron chi connectivity index (χ1n) is 10.3. The second-order valence-electron chi connectivity index (χ2n) is 7.60. The first-order valence-corrected chi connectivity index (χ1v) is 10.3. The number of aromatic nitrogens is 2. The third kappa shape index (κ3) is 4.48. The van der Waals surface area contributed by atoms with Crippen molar-refractivity contribution in [1.29, 1.82) is 0 Å². The van der Waals surface area contributed by atoms with Crippen molar-refractivity contribution in [1.82, 2.24) is 9.55 Å². The molecule has 1 aromatic heterocycles. The minimum Gasteiger partial charge on any atom is -0.496 e. The molecule has 1 fully saturated rings. The largest absolute Gasteiger partial charge is 0.496 e. The Hall–Kier alpha value is -2.75. The molecule has 10 heteroatoms. The molecule has 0 unspecified atom stereocenters. The first kappa shape index (κ1) is 21.5. The Balaban J connectivity index is 1.70. The van der Waals surface area contributed by atoms with Crippen molar-refractivity contribution in [2.75, 3.05) is 49.8 Å². The quantitative estimate of drug-likeness (QED) is 0.715. The van der Waals surface area contributed by atoms with Gasteiger partial charge in [-0.15, -0.1) is 0 Å². The highest BCUT2D eigenvalue weighted by molar-refractivity contribution is 5.47. The second-order valence-corrected chi connectivity index (χ2v) is 7.60. The van der Waals surface area contributed by atoms with Gasteiger partial charge in [-0.2, -0.15) is 18.2 Å². The number of ether oxygens (including phenoxy) is 2. The number of anilines is 2. The van der Waals surface area contributed by atoms with Gasteiger partial charge in [0.15, 0.2) is 0 Å². The molecular formula is C21H25F3N4O3. The van der Waals surface area contributed by atoms with E-state index >= 15 is 0 Å². The van der Waals surface area contributed by atoms with Gasteiger partial charge in [0, 0.05) is 32.2 Å². The number of para-hydroxylation sites is 1. The van der Waals surface area contributed by atoms with Gasteiger partial charge in [0.2, 0.25) is 5.95 Å². The Kier molecular flexibility index (Phi) is 6.08. The maximum atomic E-state index is 13.9. The van der Waals surface area contributed by atoms with Crippen molar-refractivity contribution >= 4 is 11.8 Å². The Bertz CT molecular complexity index is 973. The second kappa shape index (κ2) is 8.78. The number of hydrogen-bond donors (Lipinski definition) is 0. The number of fused-ring (bicyclic) bond motifs is 1. The number of rotatable bonds is 5. The topological polar surface area (TPSA) is 59.8 Å². The Morgan fingerprint density at radius 1 is 1.19 bits per heavy atom. The third-order valence-electron chi connectivity index (χ3n) is 5.76. The lowest BCUT2D eigenvalue weighted by Gasteiger charge is -2.39. The molecule has 1 aromatic carbocycles. The van der Waals surface area contributed by atoms with E-state index in [9.17, 15) is 18.0 Å². The molecule has 3 heterocycles. The summed E-state index contributed by atoms with van der Waals surface area (Å²) in [5.41, 5.74) is 0.462. The number of benzene rings is 1. The van der Waals surface area contributed by atoms with E-state index in [1.165, 1.54) is 22.6 Å². The van der Waals surface area contributed by atoms with E-state index in [-0.39, 0.29) is 31.0 Å². The smallest absolute Gasteiger partial charge is 0.408 e. The number of methoxy groups -OCH3 is 1. The fourth-order valence-electron chi connectivity index (χ4n) is 4.16. The van der Waals surface area contributed by atoms with E-state index in [2.05, 4.69) is 4.98 Å². The van der Waals surface area contributed by atoms with Gasteiger partial charge >= 0.3 is 6.18 Å². The minimum absolute atomic E-state index is 0.0140. The highest BCUT2D eigenvalue weighted by atomic mass is 19.4. The first-order chi connectivity index (χ1) is 14.9. The lowest BCUT2D eigenvalue weighted by molar-refractivity contribution is -0.152.